The smallest absolute Gasteiger partial charge is 0.249 e. The van der Waals surface area contributed by atoms with Gasteiger partial charge in [-0.25, -0.2) is 0 Å². The van der Waals surface area contributed by atoms with Gasteiger partial charge in [-0.2, -0.15) is 0 Å². The van der Waals surface area contributed by atoms with E-state index in [9.17, 15) is 4.79 Å². The molecule has 0 bridgehead atoms. The van der Waals surface area contributed by atoms with Crippen molar-refractivity contribution in [2.75, 3.05) is 26.8 Å². The predicted molar refractivity (Wildman–Crippen MR) is 74.9 cm³/mol. The Morgan fingerprint density at radius 2 is 2.11 bits per heavy atom. The van der Waals surface area contributed by atoms with Crippen LogP contribution >= 0.6 is 0 Å². The number of ether oxygens (including phenoxy) is 1. The number of hydrogen-bond donors (Lipinski definition) is 1. The second-order valence-corrected chi connectivity index (χ2v) is 5.65. The summed E-state index contributed by atoms with van der Waals surface area (Å²) in [4.78, 5) is 14.2. The van der Waals surface area contributed by atoms with Crippen molar-refractivity contribution in [3.05, 3.63) is 35.9 Å². The van der Waals surface area contributed by atoms with E-state index in [0.717, 1.165) is 12.1 Å². The number of benzene rings is 1. The number of carbonyl (C=O) groups excluding carboxylic acids is 1. The van der Waals surface area contributed by atoms with E-state index < -0.39 is 0 Å². The van der Waals surface area contributed by atoms with Crippen molar-refractivity contribution in [2.24, 2.45) is 0 Å². The first-order valence-corrected chi connectivity index (χ1v) is 6.62. The highest BCUT2D eigenvalue weighted by Gasteiger charge is 2.35. The SMILES string of the molecule is COCC(=O)N1CC(C)(C)NCC1c1ccccc1. The molecule has 0 spiro atoms. The fourth-order valence-corrected chi connectivity index (χ4v) is 2.52. The van der Waals surface area contributed by atoms with E-state index in [0.29, 0.717) is 6.54 Å². The third-order valence-electron chi connectivity index (χ3n) is 3.49. The molecule has 1 heterocycles. The lowest BCUT2D eigenvalue weighted by molar-refractivity contribution is -0.140. The second kappa shape index (κ2) is 5.72. The van der Waals surface area contributed by atoms with Crippen LogP contribution in [-0.2, 0) is 9.53 Å². The standard InChI is InChI=1S/C15H22N2O2/c1-15(2)11-17(14(18)10-19-3)13(9-16-15)12-7-5-4-6-8-12/h4-8,13,16H,9-11H2,1-3H3. The first-order valence-electron chi connectivity index (χ1n) is 6.62. The molecule has 1 aromatic carbocycles. The number of rotatable bonds is 3. The number of nitrogens with one attached hydrogen (secondary N) is 1. The Balaban J connectivity index is 2.23. The zero-order chi connectivity index (χ0) is 13.9. The van der Waals surface area contributed by atoms with Gasteiger partial charge in [-0.05, 0) is 19.4 Å². The van der Waals surface area contributed by atoms with Gasteiger partial charge in [0.25, 0.3) is 0 Å². The highest BCUT2D eigenvalue weighted by molar-refractivity contribution is 5.78. The molecule has 1 aliphatic heterocycles. The topological polar surface area (TPSA) is 41.6 Å². The van der Waals surface area contributed by atoms with Gasteiger partial charge in [0.2, 0.25) is 5.91 Å². The molecule has 1 N–H and O–H groups in total. The Bertz CT molecular complexity index is 431. The van der Waals surface area contributed by atoms with E-state index in [1.54, 1.807) is 7.11 Å². The van der Waals surface area contributed by atoms with Crippen LogP contribution in [0.2, 0.25) is 0 Å². The van der Waals surface area contributed by atoms with Gasteiger partial charge in [0.1, 0.15) is 6.61 Å². The molecule has 0 radical (unpaired) electrons. The zero-order valence-electron chi connectivity index (χ0n) is 11.8. The molecule has 104 valence electrons. The van der Waals surface area contributed by atoms with Crippen LogP contribution in [0, 0.1) is 0 Å². The summed E-state index contributed by atoms with van der Waals surface area (Å²) in [7, 11) is 1.56. The van der Waals surface area contributed by atoms with Crippen LogP contribution in [0.15, 0.2) is 30.3 Å². The Kier molecular flexibility index (Phi) is 4.22. The molecule has 4 nitrogen and oxygen atoms in total. The maximum absolute atomic E-state index is 12.2. The number of hydrogen-bond acceptors (Lipinski definition) is 3. The van der Waals surface area contributed by atoms with Crippen LogP contribution < -0.4 is 5.32 Å². The number of amides is 1. The number of methoxy groups -OCH3 is 1. The van der Waals surface area contributed by atoms with E-state index in [1.165, 1.54) is 0 Å². The number of nitrogens with zero attached hydrogens (tertiary/aromatic N) is 1. The molecule has 0 saturated carbocycles. The summed E-state index contributed by atoms with van der Waals surface area (Å²) in [6.07, 6.45) is 0. The molecule has 4 heteroatoms. The maximum atomic E-state index is 12.2. The van der Waals surface area contributed by atoms with Crippen molar-refractivity contribution in [1.82, 2.24) is 10.2 Å². The quantitative estimate of drug-likeness (QED) is 0.899. The van der Waals surface area contributed by atoms with Gasteiger partial charge in [0.05, 0.1) is 6.04 Å². The third-order valence-corrected chi connectivity index (χ3v) is 3.49. The summed E-state index contributed by atoms with van der Waals surface area (Å²) in [5.74, 6) is 0.0472. The van der Waals surface area contributed by atoms with Crippen molar-refractivity contribution in [2.45, 2.75) is 25.4 Å². The van der Waals surface area contributed by atoms with Crippen molar-refractivity contribution >= 4 is 5.91 Å². The molecule has 0 aliphatic carbocycles. The van der Waals surface area contributed by atoms with Crippen LogP contribution in [0.4, 0.5) is 0 Å². The third kappa shape index (κ3) is 3.33. The molecule has 2 rings (SSSR count). The van der Waals surface area contributed by atoms with Crippen LogP contribution in [-0.4, -0.2) is 43.2 Å². The fourth-order valence-electron chi connectivity index (χ4n) is 2.52. The molecule has 1 saturated heterocycles. The Labute approximate surface area is 114 Å². The lowest BCUT2D eigenvalue weighted by Gasteiger charge is -2.44. The minimum Gasteiger partial charge on any atom is -0.375 e. The molecule has 1 atom stereocenters. The summed E-state index contributed by atoms with van der Waals surface area (Å²) in [5, 5.41) is 3.50. The Morgan fingerprint density at radius 1 is 1.42 bits per heavy atom. The maximum Gasteiger partial charge on any atom is 0.249 e. The molecule has 1 aliphatic rings. The first-order chi connectivity index (χ1) is 9.03. The summed E-state index contributed by atoms with van der Waals surface area (Å²) in [6.45, 7) is 5.82. The van der Waals surface area contributed by atoms with E-state index in [2.05, 4.69) is 31.3 Å². The molecule has 1 unspecified atom stereocenters. The van der Waals surface area contributed by atoms with E-state index in [4.69, 9.17) is 4.74 Å². The van der Waals surface area contributed by atoms with Crippen molar-refractivity contribution in [3.8, 4) is 0 Å². The van der Waals surface area contributed by atoms with Crippen LogP contribution in [0.25, 0.3) is 0 Å². The van der Waals surface area contributed by atoms with Crippen LogP contribution in [0.5, 0.6) is 0 Å². The molecule has 1 fully saturated rings. The number of piperazine rings is 1. The zero-order valence-corrected chi connectivity index (χ0v) is 11.8. The van der Waals surface area contributed by atoms with Crippen molar-refractivity contribution in [1.29, 1.82) is 0 Å². The second-order valence-electron chi connectivity index (χ2n) is 5.65. The first kappa shape index (κ1) is 14.0. The average molecular weight is 262 g/mol. The molecular weight excluding hydrogens is 240 g/mol. The normalized spacial score (nSPS) is 22.3. The highest BCUT2D eigenvalue weighted by Crippen LogP contribution is 2.26. The van der Waals surface area contributed by atoms with Gasteiger partial charge in [-0.15, -0.1) is 0 Å². The van der Waals surface area contributed by atoms with Gasteiger partial charge in [0.15, 0.2) is 0 Å². The van der Waals surface area contributed by atoms with E-state index in [-0.39, 0.29) is 24.1 Å². The van der Waals surface area contributed by atoms with Gasteiger partial charge >= 0.3 is 0 Å². The molecule has 1 amide bonds. The molecule has 19 heavy (non-hydrogen) atoms. The van der Waals surface area contributed by atoms with Crippen molar-refractivity contribution in [3.63, 3.8) is 0 Å². The van der Waals surface area contributed by atoms with Crippen molar-refractivity contribution < 1.29 is 9.53 Å². The molecular formula is C15H22N2O2. The van der Waals surface area contributed by atoms with Gasteiger partial charge in [-0.3, -0.25) is 4.79 Å². The van der Waals surface area contributed by atoms with Crippen LogP contribution in [0.1, 0.15) is 25.5 Å². The van der Waals surface area contributed by atoms with E-state index in [1.807, 2.05) is 23.1 Å². The summed E-state index contributed by atoms with van der Waals surface area (Å²) in [6, 6.07) is 10.2. The van der Waals surface area contributed by atoms with Gasteiger partial charge < -0.3 is 15.0 Å². The largest absolute Gasteiger partial charge is 0.375 e. The predicted octanol–water partition coefficient (Wildman–Crippen LogP) is 1.58. The van der Waals surface area contributed by atoms with E-state index >= 15 is 0 Å². The highest BCUT2D eigenvalue weighted by atomic mass is 16.5. The van der Waals surface area contributed by atoms with Gasteiger partial charge in [-0.1, -0.05) is 30.3 Å². The van der Waals surface area contributed by atoms with Gasteiger partial charge in [0, 0.05) is 25.7 Å². The Morgan fingerprint density at radius 3 is 2.74 bits per heavy atom. The lowest BCUT2D eigenvalue weighted by atomic mass is 9.95. The minimum atomic E-state index is -0.0608. The molecule has 0 aromatic heterocycles. The van der Waals surface area contributed by atoms with Crippen LogP contribution in [0.3, 0.4) is 0 Å². The lowest BCUT2D eigenvalue weighted by Crippen LogP contribution is -2.60. The summed E-state index contributed by atoms with van der Waals surface area (Å²) in [5.41, 5.74) is 1.10. The summed E-state index contributed by atoms with van der Waals surface area (Å²) >= 11 is 0. The number of carbonyl (C=O) groups is 1. The Hall–Kier alpha value is -1.39. The molecule has 1 aromatic rings. The fraction of sp³-hybridized carbons (Fsp3) is 0.533. The average Bonchev–Trinajstić information content (AvgIpc) is 2.39. The minimum absolute atomic E-state index is 0.0472. The monoisotopic (exact) mass is 262 g/mol. The summed E-state index contributed by atoms with van der Waals surface area (Å²) < 4.78 is 5.00.